The fraction of sp³-hybridized carbons (Fsp3) is 0.500. The van der Waals surface area contributed by atoms with Gasteiger partial charge in [-0.2, -0.15) is 0 Å². The van der Waals surface area contributed by atoms with E-state index in [0.29, 0.717) is 18.7 Å². The van der Waals surface area contributed by atoms with Gasteiger partial charge in [0.25, 0.3) is 5.91 Å². The van der Waals surface area contributed by atoms with E-state index in [1.165, 1.54) is 18.2 Å². The molecule has 2 rings (SSSR count). The van der Waals surface area contributed by atoms with Gasteiger partial charge < -0.3 is 20.5 Å². The Bertz CT molecular complexity index is 585. The highest BCUT2D eigenvalue weighted by atomic mass is 16.8. The monoisotopic (exact) mass is 337 g/mol. The van der Waals surface area contributed by atoms with Gasteiger partial charge in [0.1, 0.15) is 5.75 Å². The van der Waals surface area contributed by atoms with Gasteiger partial charge in [-0.25, -0.2) is 15.1 Å². The van der Waals surface area contributed by atoms with Crippen LogP contribution in [0.4, 0.5) is 10.5 Å². The van der Waals surface area contributed by atoms with Crippen molar-refractivity contribution in [2.75, 3.05) is 11.9 Å². The average Bonchev–Trinajstić information content (AvgIpc) is 2.54. The van der Waals surface area contributed by atoms with E-state index in [2.05, 4.69) is 16.1 Å². The molecular formula is C16H23N3O5. The number of benzene rings is 1. The Morgan fingerprint density at radius 1 is 1.33 bits per heavy atom. The summed E-state index contributed by atoms with van der Waals surface area (Å²) in [7, 11) is 0. The number of ether oxygens (including phenoxy) is 1. The molecule has 0 aliphatic carbocycles. The lowest BCUT2D eigenvalue weighted by Crippen LogP contribution is -2.34. The summed E-state index contributed by atoms with van der Waals surface area (Å²) < 4.78 is 5.34. The van der Waals surface area contributed by atoms with E-state index < -0.39 is 18.2 Å². The molecule has 1 aromatic carbocycles. The molecule has 0 unspecified atom stereocenters. The molecule has 1 aromatic rings. The van der Waals surface area contributed by atoms with Crippen molar-refractivity contribution in [3.63, 3.8) is 0 Å². The summed E-state index contributed by atoms with van der Waals surface area (Å²) >= 11 is 0. The second-order valence-electron chi connectivity index (χ2n) is 5.83. The summed E-state index contributed by atoms with van der Waals surface area (Å²) in [5.41, 5.74) is 2.64. The molecule has 0 aromatic heterocycles. The summed E-state index contributed by atoms with van der Waals surface area (Å²) in [6.07, 6.45) is 2.16. The first-order valence-electron chi connectivity index (χ1n) is 7.94. The smallest absolute Gasteiger partial charge is 0.319 e. The second-order valence-corrected chi connectivity index (χ2v) is 5.83. The molecule has 0 saturated carbocycles. The van der Waals surface area contributed by atoms with E-state index in [0.717, 1.165) is 12.8 Å². The topological polar surface area (TPSA) is 109 Å². The number of rotatable bonds is 5. The van der Waals surface area contributed by atoms with E-state index in [9.17, 15) is 14.7 Å². The number of amides is 3. The Morgan fingerprint density at radius 2 is 2.12 bits per heavy atom. The summed E-state index contributed by atoms with van der Waals surface area (Å²) in [6, 6.07) is 3.78. The van der Waals surface area contributed by atoms with Crippen molar-refractivity contribution in [2.45, 2.75) is 45.4 Å². The standard InChI is InChI=1S/C16H23N3O5/c1-10(2)17-16(22)18-11-6-7-13(20)12(9-11)15(21)19-24-14-5-3-4-8-23-14/h6-7,9-10,14,20H,3-5,8H2,1-2H3,(H,19,21)(H2,17,18,22)/t14-/m0/s1. The van der Waals surface area contributed by atoms with Gasteiger partial charge in [-0.05, 0) is 44.9 Å². The predicted molar refractivity (Wildman–Crippen MR) is 87.5 cm³/mol. The molecule has 1 aliphatic rings. The first-order valence-corrected chi connectivity index (χ1v) is 7.94. The maximum absolute atomic E-state index is 12.1. The molecule has 0 spiro atoms. The van der Waals surface area contributed by atoms with E-state index in [1.807, 2.05) is 13.8 Å². The van der Waals surface area contributed by atoms with Crippen LogP contribution in [0.2, 0.25) is 0 Å². The molecule has 1 aliphatic heterocycles. The lowest BCUT2D eigenvalue weighted by atomic mass is 10.1. The minimum absolute atomic E-state index is 0.00634. The normalized spacial score (nSPS) is 17.4. The first-order chi connectivity index (χ1) is 11.5. The third-order valence-electron chi connectivity index (χ3n) is 3.34. The zero-order valence-corrected chi connectivity index (χ0v) is 13.8. The molecular weight excluding hydrogens is 314 g/mol. The quantitative estimate of drug-likeness (QED) is 0.486. The van der Waals surface area contributed by atoms with Gasteiger partial charge in [0.05, 0.1) is 5.56 Å². The van der Waals surface area contributed by atoms with Crippen LogP contribution in [0.5, 0.6) is 5.75 Å². The Balaban J connectivity index is 1.96. The number of hydroxylamine groups is 1. The molecule has 8 heteroatoms. The molecule has 0 bridgehead atoms. The van der Waals surface area contributed by atoms with Crippen LogP contribution in [0.1, 0.15) is 43.5 Å². The van der Waals surface area contributed by atoms with Crippen LogP contribution >= 0.6 is 0 Å². The number of carbonyl (C=O) groups excluding carboxylic acids is 2. The fourth-order valence-corrected chi connectivity index (χ4v) is 2.20. The van der Waals surface area contributed by atoms with Gasteiger partial charge in [0, 0.05) is 24.8 Å². The second kappa shape index (κ2) is 8.51. The van der Waals surface area contributed by atoms with Crippen LogP contribution in [-0.2, 0) is 9.57 Å². The van der Waals surface area contributed by atoms with Crippen molar-refractivity contribution in [1.82, 2.24) is 10.8 Å². The van der Waals surface area contributed by atoms with Gasteiger partial charge in [-0.15, -0.1) is 0 Å². The number of hydrogen-bond donors (Lipinski definition) is 4. The highest BCUT2D eigenvalue weighted by Gasteiger charge is 2.18. The molecule has 1 saturated heterocycles. The number of aromatic hydroxyl groups is 1. The fourth-order valence-electron chi connectivity index (χ4n) is 2.20. The average molecular weight is 337 g/mol. The largest absolute Gasteiger partial charge is 0.507 e. The Hall–Kier alpha value is -2.32. The van der Waals surface area contributed by atoms with Crippen LogP contribution in [0, 0.1) is 0 Å². The minimum atomic E-state index is -0.616. The van der Waals surface area contributed by atoms with Crippen LogP contribution in [-0.4, -0.2) is 36.0 Å². The highest BCUT2D eigenvalue weighted by Crippen LogP contribution is 2.22. The SMILES string of the molecule is CC(C)NC(=O)Nc1ccc(O)c(C(=O)NO[C@H]2CCCCO2)c1. The van der Waals surface area contributed by atoms with Crippen molar-refractivity contribution in [3.05, 3.63) is 23.8 Å². The van der Waals surface area contributed by atoms with Crippen LogP contribution < -0.4 is 16.1 Å². The zero-order chi connectivity index (χ0) is 17.5. The molecule has 3 amide bonds. The first kappa shape index (κ1) is 18.0. The van der Waals surface area contributed by atoms with Crippen molar-refractivity contribution >= 4 is 17.6 Å². The lowest BCUT2D eigenvalue weighted by Gasteiger charge is -2.22. The van der Waals surface area contributed by atoms with Crippen LogP contribution in [0.3, 0.4) is 0 Å². The molecule has 4 N–H and O–H groups in total. The van der Waals surface area contributed by atoms with Gasteiger partial charge in [-0.3, -0.25) is 4.79 Å². The van der Waals surface area contributed by atoms with Crippen molar-refractivity contribution in [2.24, 2.45) is 0 Å². The van der Waals surface area contributed by atoms with Gasteiger partial charge in [0.2, 0.25) is 0 Å². The van der Waals surface area contributed by atoms with Gasteiger partial charge in [-0.1, -0.05) is 0 Å². The maximum Gasteiger partial charge on any atom is 0.319 e. The molecule has 24 heavy (non-hydrogen) atoms. The number of carbonyl (C=O) groups is 2. The Morgan fingerprint density at radius 3 is 2.79 bits per heavy atom. The Kier molecular flexibility index (Phi) is 6.39. The third kappa shape index (κ3) is 5.39. The molecule has 0 radical (unpaired) electrons. The van der Waals surface area contributed by atoms with Gasteiger partial charge >= 0.3 is 6.03 Å². The zero-order valence-electron chi connectivity index (χ0n) is 13.8. The number of hydrogen-bond acceptors (Lipinski definition) is 5. The van der Waals surface area contributed by atoms with Crippen LogP contribution in [0.15, 0.2) is 18.2 Å². The number of anilines is 1. The number of urea groups is 1. The molecule has 8 nitrogen and oxygen atoms in total. The van der Waals surface area contributed by atoms with Crippen LogP contribution in [0.25, 0.3) is 0 Å². The number of phenolic OH excluding ortho intramolecular Hbond substituents is 1. The van der Waals surface area contributed by atoms with Crippen molar-refractivity contribution in [1.29, 1.82) is 0 Å². The highest BCUT2D eigenvalue weighted by molar-refractivity contribution is 5.98. The molecule has 1 atom stereocenters. The number of nitrogens with one attached hydrogen (secondary N) is 3. The van der Waals surface area contributed by atoms with E-state index in [1.54, 1.807) is 0 Å². The maximum atomic E-state index is 12.1. The van der Waals surface area contributed by atoms with E-state index in [-0.39, 0.29) is 17.4 Å². The third-order valence-corrected chi connectivity index (χ3v) is 3.34. The summed E-state index contributed by atoms with van der Waals surface area (Å²) in [6.45, 7) is 4.26. The predicted octanol–water partition coefficient (Wildman–Crippen LogP) is 2.11. The minimum Gasteiger partial charge on any atom is -0.507 e. The summed E-state index contributed by atoms with van der Waals surface area (Å²) in [5.74, 6) is -0.829. The Labute approximate surface area is 140 Å². The van der Waals surface area contributed by atoms with Gasteiger partial charge in [0.15, 0.2) is 6.29 Å². The molecule has 1 heterocycles. The van der Waals surface area contributed by atoms with E-state index in [4.69, 9.17) is 9.57 Å². The van der Waals surface area contributed by atoms with Crippen molar-refractivity contribution < 1.29 is 24.3 Å². The summed E-state index contributed by atoms with van der Waals surface area (Å²) in [5, 5.41) is 15.1. The molecule has 132 valence electrons. The van der Waals surface area contributed by atoms with E-state index >= 15 is 0 Å². The lowest BCUT2D eigenvalue weighted by molar-refractivity contribution is -0.186. The molecule has 1 fully saturated rings. The summed E-state index contributed by atoms with van der Waals surface area (Å²) in [4.78, 5) is 29.0. The number of phenols is 1. The van der Waals surface area contributed by atoms with Crippen molar-refractivity contribution in [3.8, 4) is 5.75 Å².